The number of hydrogen-bond donors (Lipinski definition) is 3. The molecule has 2 aromatic heterocycles. The summed E-state index contributed by atoms with van der Waals surface area (Å²) in [7, 11) is 0. The molecular formula is C31H44N6O4. The Balaban J connectivity index is 1.28. The first kappa shape index (κ1) is 30.7. The molecule has 2 fully saturated rings. The molecule has 3 N–H and O–H groups in total. The van der Waals surface area contributed by atoms with E-state index in [2.05, 4.69) is 46.9 Å². The Morgan fingerprint density at radius 2 is 1.95 bits per heavy atom. The second kappa shape index (κ2) is 15.1. The third-order valence-corrected chi connectivity index (χ3v) is 7.92. The summed E-state index contributed by atoms with van der Waals surface area (Å²) >= 11 is 0. The molecule has 10 nitrogen and oxygen atoms in total. The number of anilines is 2. The molecule has 3 heterocycles. The van der Waals surface area contributed by atoms with E-state index in [1.165, 1.54) is 0 Å². The largest absolute Gasteiger partial charge is 0.464 e. The van der Waals surface area contributed by atoms with Crippen molar-refractivity contribution in [2.24, 2.45) is 5.41 Å². The number of nitrogens with zero attached hydrogens (tertiary/aromatic N) is 3. The van der Waals surface area contributed by atoms with Crippen LogP contribution in [0.1, 0.15) is 57.9 Å². The van der Waals surface area contributed by atoms with Crippen molar-refractivity contribution in [2.75, 3.05) is 50.2 Å². The van der Waals surface area contributed by atoms with Crippen molar-refractivity contribution >= 4 is 17.6 Å². The number of aromatic nitrogens is 2. The summed E-state index contributed by atoms with van der Waals surface area (Å²) in [5, 5.41) is 20.4. The van der Waals surface area contributed by atoms with Gasteiger partial charge in [-0.2, -0.15) is 5.26 Å². The van der Waals surface area contributed by atoms with Crippen LogP contribution in [0, 0.1) is 23.7 Å². The summed E-state index contributed by atoms with van der Waals surface area (Å²) in [5.41, 5.74) is 2.57. The molecular weight excluding hydrogens is 520 g/mol. The minimum absolute atomic E-state index is 0.00386. The van der Waals surface area contributed by atoms with Crippen molar-refractivity contribution in [3.63, 3.8) is 0 Å². The maximum atomic E-state index is 11.4. The van der Waals surface area contributed by atoms with Crippen molar-refractivity contribution < 1.29 is 19.0 Å². The lowest BCUT2D eigenvalue weighted by Gasteiger charge is -2.32. The number of esters is 1. The zero-order valence-corrected chi connectivity index (χ0v) is 24.6. The lowest BCUT2D eigenvalue weighted by molar-refractivity contribution is -0.148. The summed E-state index contributed by atoms with van der Waals surface area (Å²) in [5.74, 6) is 1.30. The number of carbonyl (C=O) groups is 1. The first-order valence-corrected chi connectivity index (χ1v) is 14.8. The van der Waals surface area contributed by atoms with Gasteiger partial charge >= 0.3 is 5.97 Å². The van der Waals surface area contributed by atoms with Gasteiger partial charge < -0.3 is 30.2 Å². The number of hydrogen-bond acceptors (Lipinski definition) is 10. The molecule has 0 aromatic carbocycles. The molecule has 2 aliphatic rings. The summed E-state index contributed by atoms with van der Waals surface area (Å²) < 4.78 is 15.8. The normalized spacial score (nSPS) is 20.9. The molecule has 0 spiro atoms. The van der Waals surface area contributed by atoms with Crippen LogP contribution >= 0.6 is 0 Å². The van der Waals surface area contributed by atoms with E-state index in [4.69, 9.17) is 19.2 Å². The topological polar surface area (TPSA) is 130 Å². The van der Waals surface area contributed by atoms with Gasteiger partial charge in [-0.25, -0.2) is 14.8 Å². The standard InChI is InChI=1S/C31H44N6O4/c1-4-41-30(38)19-40-18-23(3)35-24-8-10-25(11-9-24)36-29-16-26(22(2)17-33-29)27-6-5-7-28(37-27)34-21-31(20-32)12-14-39-15-13-31/h5-7,16-17,23-25,35H,4,8-15,18-19,21H2,1-3H3,(H,33,36)(H,34,37)/t23-,24?,25?/m1/s1. The molecule has 1 saturated heterocycles. The van der Waals surface area contributed by atoms with E-state index in [9.17, 15) is 10.1 Å². The van der Waals surface area contributed by atoms with Crippen molar-refractivity contribution in [3.8, 4) is 17.3 Å². The van der Waals surface area contributed by atoms with Crippen molar-refractivity contribution in [2.45, 2.75) is 77.4 Å². The van der Waals surface area contributed by atoms with Gasteiger partial charge in [-0.15, -0.1) is 0 Å². The van der Waals surface area contributed by atoms with Gasteiger partial charge in [0.2, 0.25) is 0 Å². The molecule has 41 heavy (non-hydrogen) atoms. The van der Waals surface area contributed by atoms with Gasteiger partial charge in [0.05, 0.1) is 30.4 Å². The van der Waals surface area contributed by atoms with Gasteiger partial charge in [0.25, 0.3) is 0 Å². The molecule has 1 saturated carbocycles. The number of aryl methyl sites for hydroxylation is 1. The number of nitriles is 1. The van der Waals surface area contributed by atoms with E-state index >= 15 is 0 Å². The Labute approximate surface area is 243 Å². The predicted molar refractivity (Wildman–Crippen MR) is 159 cm³/mol. The Morgan fingerprint density at radius 1 is 1.20 bits per heavy atom. The Morgan fingerprint density at radius 3 is 2.68 bits per heavy atom. The SMILES string of the molecule is CCOC(=O)COC[C@@H](C)NC1CCC(Nc2cc(-c3cccc(NCC4(C#N)CCOCC4)n3)c(C)cn2)CC1. The molecule has 10 heteroatoms. The average Bonchev–Trinajstić information content (AvgIpc) is 2.99. The summed E-state index contributed by atoms with van der Waals surface area (Å²) in [6, 6.07) is 11.5. The highest BCUT2D eigenvalue weighted by Gasteiger charge is 2.32. The number of ether oxygens (including phenoxy) is 3. The fourth-order valence-corrected chi connectivity index (χ4v) is 5.50. The molecule has 1 aliphatic carbocycles. The number of nitrogens with one attached hydrogen (secondary N) is 3. The minimum atomic E-state index is -0.413. The number of pyridine rings is 2. The number of rotatable bonds is 13. The van der Waals surface area contributed by atoms with Crippen LogP contribution in [-0.4, -0.2) is 73.6 Å². The lowest BCUT2D eigenvalue weighted by atomic mass is 9.82. The van der Waals surface area contributed by atoms with Crippen LogP contribution < -0.4 is 16.0 Å². The van der Waals surface area contributed by atoms with Crippen LogP contribution in [0.25, 0.3) is 11.3 Å². The number of carbonyl (C=O) groups excluding carboxylic acids is 1. The summed E-state index contributed by atoms with van der Waals surface area (Å²) in [4.78, 5) is 21.0. The quantitative estimate of drug-likeness (QED) is 0.300. The fourth-order valence-electron chi connectivity index (χ4n) is 5.50. The zero-order valence-electron chi connectivity index (χ0n) is 24.6. The molecule has 0 unspecified atom stereocenters. The first-order valence-electron chi connectivity index (χ1n) is 14.8. The van der Waals surface area contributed by atoms with Gasteiger partial charge in [-0.05, 0) is 83.1 Å². The molecule has 1 aliphatic heterocycles. The Kier molecular flexibility index (Phi) is 11.3. The Bertz CT molecular complexity index is 1170. The highest BCUT2D eigenvalue weighted by atomic mass is 16.6. The minimum Gasteiger partial charge on any atom is -0.464 e. The summed E-state index contributed by atoms with van der Waals surface area (Å²) in [6.07, 6.45) is 7.57. The van der Waals surface area contributed by atoms with Gasteiger partial charge in [0.15, 0.2) is 0 Å². The molecule has 2 aromatic rings. The van der Waals surface area contributed by atoms with Gasteiger partial charge in [-0.1, -0.05) is 6.07 Å². The second-order valence-corrected chi connectivity index (χ2v) is 11.2. The summed E-state index contributed by atoms with van der Waals surface area (Å²) in [6.45, 7) is 8.57. The molecule has 0 amide bonds. The first-order chi connectivity index (χ1) is 19.9. The van der Waals surface area contributed by atoms with E-state index < -0.39 is 5.41 Å². The third kappa shape index (κ3) is 9.12. The monoisotopic (exact) mass is 564 g/mol. The maximum absolute atomic E-state index is 11.4. The van der Waals surface area contributed by atoms with Gasteiger partial charge in [0.1, 0.15) is 18.2 Å². The average molecular weight is 565 g/mol. The third-order valence-electron chi connectivity index (χ3n) is 7.92. The van der Waals surface area contributed by atoms with Crippen LogP contribution in [0.4, 0.5) is 11.6 Å². The molecule has 4 rings (SSSR count). The Hall–Kier alpha value is -3.26. The van der Waals surface area contributed by atoms with Gasteiger partial charge in [0, 0.05) is 49.6 Å². The van der Waals surface area contributed by atoms with E-state index in [1.54, 1.807) is 6.92 Å². The van der Waals surface area contributed by atoms with Crippen LogP contribution in [0.2, 0.25) is 0 Å². The van der Waals surface area contributed by atoms with Crippen LogP contribution in [0.3, 0.4) is 0 Å². The molecule has 1 atom stereocenters. The van der Waals surface area contributed by atoms with Crippen LogP contribution in [0.5, 0.6) is 0 Å². The van der Waals surface area contributed by atoms with E-state index in [1.807, 2.05) is 24.4 Å². The molecule has 222 valence electrons. The lowest BCUT2D eigenvalue weighted by Crippen LogP contribution is -2.43. The zero-order chi connectivity index (χ0) is 29.1. The van der Waals surface area contributed by atoms with Crippen LogP contribution in [0.15, 0.2) is 30.5 Å². The van der Waals surface area contributed by atoms with Crippen LogP contribution in [-0.2, 0) is 19.0 Å². The highest BCUT2D eigenvalue weighted by molar-refractivity contribution is 5.70. The van der Waals surface area contributed by atoms with E-state index in [0.717, 1.165) is 67.0 Å². The highest BCUT2D eigenvalue weighted by Crippen LogP contribution is 2.31. The van der Waals surface area contributed by atoms with E-state index in [0.29, 0.717) is 45.1 Å². The maximum Gasteiger partial charge on any atom is 0.332 e. The van der Waals surface area contributed by atoms with Gasteiger partial charge in [-0.3, -0.25) is 0 Å². The smallest absolute Gasteiger partial charge is 0.332 e. The van der Waals surface area contributed by atoms with Crippen molar-refractivity contribution in [1.29, 1.82) is 5.26 Å². The fraction of sp³-hybridized carbons (Fsp3) is 0.613. The second-order valence-electron chi connectivity index (χ2n) is 11.2. The van der Waals surface area contributed by atoms with E-state index in [-0.39, 0.29) is 18.6 Å². The van der Waals surface area contributed by atoms with Crippen molar-refractivity contribution in [1.82, 2.24) is 15.3 Å². The van der Waals surface area contributed by atoms with Crippen molar-refractivity contribution in [3.05, 3.63) is 36.0 Å². The predicted octanol–water partition coefficient (Wildman–Crippen LogP) is 4.47. The molecule has 0 bridgehead atoms. The molecule has 0 radical (unpaired) electrons.